The van der Waals surface area contributed by atoms with Crippen molar-refractivity contribution in [3.05, 3.63) is 58.1 Å². The molecule has 3 N–H and O–H groups in total. The van der Waals surface area contributed by atoms with Gasteiger partial charge >= 0.3 is 12.1 Å². The van der Waals surface area contributed by atoms with E-state index >= 15 is 0 Å². The van der Waals surface area contributed by atoms with Crippen molar-refractivity contribution in [3.63, 3.8) is 0 Å². The average Bonchev–Trinajstić information content (AvgIpc) is 3.27. The monoisotopic (exact) mass is 675 g/mol. The number of nitrogens with zero attached hydrogens (tertiary/aromatic N) is 5. The SMILES string of the molecule is C#Cc1cc(C[C@@H](OC(=O)N2CCC(N3CCc4ccccc4NC3=O)CC2)C(=O)N2CCC(N3CCN(C)CC3)CC2)cc(Cl)c1N. The first-order chi connectivity index (χ1) is 23.2. The topological polar surface area (TPSA) is 115 Å². The van der Waals surface area contributed by atoms with Gasteiger partial charge in [0.1, 0.15) is 0 Å². The summed E-state index contributed by atoms with van der Waals surface area (Å²) < 4.78 is 6.03. The van der Waals surface area contributed by atoms with E-state index in [0.29, 0.717) is 73.4 Å². The van der Waals surface area contributed by atoms with Crippen LogP contribution in [0.25, 0.3) is 0 Å². The minimum Gasteiger partial charge on any atom is -0.436 e. The van der Waals surface area contributed by atoms with Crippen molar-refractivity contribution in [1.82, 2.24) is 24.5 Å². The Morgan fingerprint density at radius 3 is 2.35 bits per heavy atom. The number of likely N-dealkylation sites (tertiary alicyclic amines) is 2. The number of halogens is 1. The molecule has 2 aromatic rings. The first kappa shape index (κ1) is 33.9. The molecule has 3 saturated heterocycles. The second kappa shape index (κ2) is 15.1. The maximum absolute atomic E-state index is 14.0. The predicted octanol–water partition coefficient (Wildman–Crippen LogP) is 3.74. The number of urea groups is 1. The quantitative estimate of drug-likeness (QED) is 0.354. The molecule has 0 bridgehead atoms. The van der Waals surface area contributed by atoms with Crippen LogP contribution in [-0.4, -0.2) is 127 Å². The van der Waals surface area contributed by atoms with Crippen LogP contribution in [0.15, 0.2) is 36.4 Å². The van der Waals surface area contributed by atoms with Gasteiger partial charge in [-0.2, -0.15) is 0 Å². The Bertz CT molecular complexity index is 1540. The van der Waals surface area contributed by atoms with Crippen LogP contribution in [0.5, 0.6) is 0 Å². The Labute approximate surface area is 288 Å². The number of amides is 4. The van der Waals surface area contributed by atoms with Crippen LogP contribution in [0, 0.1) is 12.3 Å². The molecule has 4 aliphatic rings. The summed E-state index contributed by atoms with van der Waals surface area (Å²) >= 11 is 6.39. The molecule has 0 radical (unpaired) electrons. The van der Waals surface area contributed by atoms with E-state index in [9.17, 15) is 14.4 Å². The molecule has 1 atom stereocenters. The fraction of sp³-hybridized carbons (Fsp3) is 0.528. The second-order valence-electron chi connectivity index (χ2n) is 13.4. The lowest BCUT2D eigenvalue weighted by molar-refractivity contribution is -0.142. The number of carbonyl (C=O) groups excluding carboxylic acids is 3. The minimum absolute atomic E-state index is 0.00138. The standard InChI is InChI=1S/C36H46ClN7O4/c1-3-26-22-25(23-30(37)33(26)38)24-32(34(45)42-13-9-28(10-14-42)41-20-18-40(2)19-21-41)48-36(47)43-15-11-29(12-16-43)44-17-8-27-6-4-5-7-31(27)39-35(44)46/h1,4-7,22-23,28-29,32H,8-21,24,38H2,2H3,(H,39,46)/t32-/m1/s1. The highest BCUT2D eigenvalue weighted by atomic mass is 35.5. The maximum atomic E-state index is 14.0. The average molecular weight is 676 g/mol. The van der Waals surface area contributed by atoms with Gasteiger partial charge < -0.3 is 35.4 Å². The molecule has 0 aromatic heterocycles. The second-order valence-corrected chi connectivity index (χ2v) is 13.8. The van der Waals surface area contributed by atoms with Crippen LogP contribution < -0.4 is 11.1 Å². The first-order valence-corrected chi connectivity index (χ1v) is 17.4. The Morgan fingerprint density at radius 1 is 0.979 bits per heavy atom. The van der Waals surface area contributed by atoms with E-state index in [0.717, 1.165) is 56.7 Å². The largest absolute Gasteiger partial charge is 0.436 e. The number of hydrogen-bond donors (Lipinski definition) is 2. The summed E-state index contributed by atoms with van der Waals surface area (Å²) in [6.07, 6.45) is 7.99. The van der Waals surface area contributed by atoms with E-state index in [1.54, 1.807) is 17.0 Å². The molecule has 256 valence electrons. The van der Waals surface area contributed by atoms with Crippen LogP contribution >= 0.6 is 11.6 Å². The highest BCUT2D eigenvalue weighted by Crippen LogP contribution is 2.28. The number of carbonyl (C=O) groups is 3. The van der Waals surface area contributed by atoms with Gasteiger partial charge in [0.2, 0.25) is 0 Å². The van der Waals surface area contributed by atoms with E-state index in [1.807, 2.05) is 34.1 Å². The van der Waals surface area contributed by atoms with Crippen molar-refractivity contribution in [3.8, 4) is 12.3 Å². The molecule has 6 rings (SSSR count). The summed E-state index contributed by atoms with van der Waals surface area (Å²) in [6, 6.07) is 11.6. The molecule has 12 heteroatoms. The normalized spacial score (nSPS) is 20.8. The third-order valence-electron chi connectivity index (χ3n) is 10.4. The third kappa shape index (κ3) is 7.67. The zero-order valence-corrected chi connectivity index (χ0v) is 28.5. The van der Waals surface area contributed by atoms with Crippen molar-refractivity contribution >= 4 is 41.0 Å². The predicted molar refractivity (Wildman–Crippen MR) is 187 cm³/mol. The number of terminal acetylenes is 1. The fourth-order valence-corrected chi connectivity index (χ4v) is 7.68. The number of likely N-dealkylation sites (N-methyl/N-ethyl adjacent to an activating group) is 1. The summed E-state index contributed by atoms with van der Waals surface area (Å²) in [6.45, 7) is 6.86. The molecule has 0 unspecified atom stereocenters. The lowest BCUT2D eigenvalue weighted by Gasteiger charge is -2.42. The first-order valence-electron chi connectivity index (χ1n) is 17.1. The highest BCUT2D eigenvalue weighted by molar-refractivity contribution is 6.33. The van der Waals surface area contributed by atoms with Crippen LogP contribution in [0.2, 0.25) is 5.02 Å². The number of piperazine rings is 1. The van der Waals surface area contributed by atoms with Crippen molar-refractivity contribution in [2.45, 2.75) is 56.7 Å². The Kier molecular flexibility index (Phi) is 10.6. The molecule has 3 fully saturated rings. The number of rotatable bonds is 6. The number of nitrogens with one attached hydrogen (secondary N) is 1. The van der Waals surface area contributed by atoms with Gasteiger partial charge in [-0.25, -0.2) is 9.59 Å². The summed E-state index contributed by atoms with van der Waals surface area (Å²) in [4.78, 5) is 51.0. The molecular weight excluding hydrogens is 630 g/mol. The number of ether oxygens (including phenoxy) is 1. The summed E-state index contributed by atoms with van der Waals surface area (Å²) in [5, 5.41) is 3.34. The summed E-state index contributed by atoms with van der Waals surface area (Å²) in [5.41, 5.74) is 9.44. The van der Waals surface area contributed by atoms with E-state index in [2.05, 4.69) is 28.1 Å². The van der Waals surface area contributed by atoms with E-state index in [-0.39, 0.29) is 24.4 Å². The number of anilines is 2. The number of para-hydroxylation sites is 1. The lowest BCUT2D eigenvalue weighted by atomic mass is 9.99. The molecule has 0 saturated carbocycles. The molecule has 0 spiro atoms. The highest BCUT2D eigenvalue weighted by Gasteiger charge is 2.36. The third-order valence-corrected chi connectivity index (χ3v) is 10.7. The molecule has 4 aliphatic heterocycles. The molecule has 11 nitrogen and oxygen atoms in total. The number of piperidine rings is 2. The van der Waals surface area contributed by atoms with Crippen LogP contribution in [0.3, 0.4) is 0 Å². The minimum atomic E-state index is -1.05. The molecule has 4 amide bonds. The van der Waals surface area contributed by atoms with Crippen molar-refractivity contribution in [1.29, 1.82) is 0 Å². The fourth-order valence-electron chi connectivity index (χ4n) is 7.44. The molecular formula is C36H46ClN7O4. The van der Waals surface area contributed by atoms with Crippen LogP contribution in [0.1, 0.15) is 42.4 Å². The van der Waals surface area contributed by atoms with Crippen molar-refractivity contribution in [2.24, 2.45) is 0 Å². The van der Waals surface area contributed by atoms with E-state index in [1.165, 1.54) is 0 Å². The Hall–Kier alpha value is -3.98. The van der Waals surface area contributed by atoms with Gasteiger partial charge in [-0.3, -0.25) is 9.69 Å². The summed E-state index contributed by atoms with van der Waals surface area (Å²) in [5.74, 6) is 2.34. The van der Waals surface area contributed by atoms with Crippen molar-refractivity contribution in [2.75, 3.05) is 77.0 Å². The van der Waals surface area contributed by atoms with E-state index in [4.69, 9.17) is 28.5 Å². The van der Waals surface area contributed by atoms with Gasteiger partial charge in [0.25, 0.3) is 5.91 Å². The van der Waals surface area contributed by atoms with Gasteiger partial charge in [0, 0.05) is 88.7 Å². The smallest absolute Gasteiger partial charge is 0.410 e. The van der Waals surface area contributed by atoms with Crippen LogP contribution in [0.4, 0.5) is 21.0 Å². The van der Waals surface area contributed by atoms with Gasteiger partial charge in [-0.05, 0) is 68.5 Å². The van der Waals surface area contributed by atoms with Crippen LogP contribution in [-0.2, 0) is 22.4 Å². The van der Waals surface area contributed by atoms with Gasteiger partial charge in [-0.1, -0.05) is 35.7 Å². The number of nitrogens with two attached hydrogens (primary N) is 1. The Balaban J connectivity index is 1.10. The maximum Gasteiger partial charge on any atom is 0.410 e. The lowest BCUT2D eigenvalue weighted by Crippen LogP contribution is -2.54. The van der Waals surface area contributed by atoms with E-state index < -0.39 is 12.2 Å². The number of benzene rings is 2. The zero-order chi connectivity index (χ0) is 33.8. The van der Waals surface area contributed by atoms with Gasteiger partial charge in [0.15, 0.2) is 6.10 Å². The van der Waals surface area contributed by atoms with Gasteiger partial charge in [0.05, 0.1) is 10.7 Å². The number of nitrogen functional groups attached to an aromatic ring is 1. The number of fused-ring (bicyclic) bond motifs is 1. The summed E-state index contributed by atoms with van der Waals surface area (Å²) in [7, 11) is 2.15. The molecule has 4 heterocycles. The molecule has 0 aliphatic carbocycles. The van der Waals surface area contributed by atoms with Crippen molar-refractivity contribution < 1.29 is 19.1 Å². The van der Waals surface area contributed by atoms with Gasteiger partial charge in [-0.15, -0.1) is 6.42 Å². The Morgan fingerprint density at radius 2 is 1.65 bits per heavy atom. The zero-order valence-electron chi connectivity index (χ0n) is 27.7. The molecule has 48 heavy (non-hydrogen) atoms. The number of hydrogen-bond acceptors (Lipinski definition) is 7. The molecule has 2 aromatic carbocycles.